The van der Waals surface area contributed by atoms with Crippen LogP contribution in [0.25, 0.3) is 33.0 Å². The molecule has 0 radical (unpaired) electrons. The van der Waals surface area contributed by atoms with Crippen LogP contribution in [0.5, 0.6) is 0 Å². The van der Waals surface area contributed by atoms with E-state index >= 15 is 0 Å². The van der Waals surface area contributed by atoms with Crippen molar-refractivity contribution in [2.45, 2.75) is 20.6 Å². The Balaban J connectivity index is 1.07. The second-order valence-corrected chi connectivity index (χ2v) is 17.8. The van der Waals surface area contributed by atoms with Gasteiger partial charge in [0.05, 0.1) is 10.8 Å². The zero-order valence-electron chi connectivity index (χ0n) is 33.9. The van der Waals surface area contributed by atoms with E-state index in [4.69, 9.17) is 0 Å². The molecule has 0 fully saturated rings. The fourth-order valence-electron chi connectivity index (χ4n) is 11.3. The average molecular weight is 806 g/mol. The topological polar surface area (TPSA) is 3.24 Å². The SMILES string of the molecule is c1ccc(N(c2cccc(C3(c4ccc5ccccc5c4)c4ccccc4-c4ccccc43)c2)c2ccc3c(c2)C2(c4ccccc4S3)c3ccccc3-c3ccccc32)cc1. The average Bonchev–Trinajstić information content (AvgIpc) is 3.81. The van der Waals surface area contributed by atoms with E-state index in [1.165, 1.54) is 87.3 Å². The highest BCUT2D eigenvalue weighted by atomic mass is 32.2. The first-order valence-corrected chi connectivity index (χ1v) is 22.3. The minimum absolute atomic E-state index is 0.470. The Hall–Kier alpha value is -7.39. The lowest BCUT2D eigenvalue weighted by Gasteiger charge is -2.40. The van der Waals surface area contributed by atoms with Crippen LogP contribution in [0.15, 0.2) is 246 Å². The zero-order chi connectivity index (χ0) is 40.8. The van der Waals surface area contributed by atoms with Crippen LogP contribution < -0.4 is 4.90 Å². The Labute approximate surface area is 366 Å². The monoisotopic (exact) mass is 805 g/mol. The van der Waals surface area contributed by atoms with Crippen molar-refractivity contribution < 1.29 is 0 Å². The highest BCUT2D eigenvalue weighted by molar-refractivity contribution is 7.99. The summed E-state index contributed by atoms with van der Waals surface area (Å²) in [5.74, 6) is 0. The molecule has 290 valence electrons. The summed E-state index contributed by atoms with van der Waals surface area (Å²) in [6, 6.07) is 88.6. The molecule has 10 aromatic rings. The third kappa shape index (κ3) is 4.81. The smallest absolute Gasteiger partial charge is 0.0736 e. The van der Waals surface area contributed by atoms with Gasteiger partial charge in [-0.1, -0.05) is 194 Å². The van der Waals surface area contributed by atoms with Crippen LogP contribution in [-0.2, 0) is 10.8 Å². The third-order valence-electron chi connectivity index (χ3n) is 13.8. The molecule has 3 aliphatic rings. The molecule has 0 aromatic heterocycles. The number of benzene rings is 10. The Bertz CT molecular complexity index is 3330. The normalized spacial score (nSPS) is 14.3. The van der Waals surface area contributed by atoms with E-state index < -0.39 is 10.8 Å². The first kappa shape index (κ1) is 35.4. The van der Waals surface area contributed by atoms with Crippen molar-refractivity contribution in [3.05, 3.63) is 281 Å². The van der Waals surface area contributed by atoms with Gasteiger partial charge in [-0.2, -0.15) is 0 Å². The van der Waals surface area contributed by atoms with Gasteiger partial charge in [-0.05, 0) is 132 Å². The Morgan fingerprint density at radius 3 is 1.42 bits per heavy atom. The Morgan fingerprint density at radius 1 is 0.274 bits per heavy atom. The van der Waals surface area contributed by atoms with Crippen LogP contribution in [0, 0.1) is 0 Å². The molecule has 1 aliphatic heterocycles. The molecule has 13 rings (SSSR count). The predicted octanol–water partition coefficient (Wildman–Crippen LogP) is 15.5. The highest BCUT2D eigenvalue weighted by Gasteiger charge is 2.50. The number of rotatable bonds is 5. The lowest BCUT2D eigenvalue weighted by atomic mass is 9.67. The van der Waals surface area contributed by atoms with Crippen molar-refractivity contribution in [2.75, 3.05) is 4.90 Å². The van der Waals surface area contributed by atoms with Crippen molar-refractivity contribution in [3.8, 4) is 22.3 Å². The number of anilines is 3. The summed E-state index contributed by atoms with van der Waals surface area (Å²) in [4.78, 5) is 5.06. The van der Waals surface area contributed by atoms with Crippen molar-refractivity contribution in [1.82, 2.24) is 0 Å². The first-order valence-electron chi connectivity index (χ1n) is 21.5. The summed E-state index contributed by atoms with van der Waals surface area (Å²) in [7, 11) is 0. The molecule has 0 amide bonds. The summed E-state index contributed by atoms with van der Waals surface area (Å²) in [5.41, 5.74) is 18.0. The second-order valence-electron chi connectivity index (χ2n) is 16.7. The van der Waals surface area contributed by atoms with Gasteiger partial charge in [0.25, 0.3) is 0 Å². The van der Waals surface area contributed by atoms with Gasteiger partial charge >= 0.3 is 0 Å². The molecular formula is C60H39NS. The van der Waals surface area contributed by atoms with Gasteiger partial charge in [-0.3, -0.25) is 0 Å². The third-order valence-corrected chi connectivity index (χ3v) is 14.9. The standard InChI is InChI=1S/C60H39NS/c1-2-20-44(21-3-1)61(46-35-36-58-56(39-46)60(55-31-14-15-32-57(55)62-58)53-29-12-8-25-49(53)50-26-9-13-30-54(50)60)45-22-16-19-42(38-45)59(43-34-33-40-17-4-5-18-41(40)37-43)51-27-10-6-23-47(51)48-24-7-11-28-52(48)59/h1-39H. The largest absolute Gasteiger partial charge is 0.310 e. The van der Waals surface area contributed by atoms with Crippen LogP contribution >= 0.6 is 11.8 Å². The van der Waals surface area contributed by atoms with Crippen LogP contribution in [0.2, 0.25) is 0 Å². The van der Waals surface area contributed by atoms with E-state index in [1.54, 1.807) is 0 Å². The maximum Gasteiger partial charge on any atom is 0.0736 e. The van der Waals surface area contributed by atoms with Gasteiger partial charge in [0.15, 0.2) is 0 Å². The number of hydrogen-bond donors (Lipinski definition) is 0. The summed E-state index contributed by atoms with van der Waals surface area (Å²) < 4.78 is 0. The van der Waals surface area contributed by atoms with E-state index in [1.807, 2.05) is 11.8 Å². The van der Waals surface area contributed by atoms with Gasteiger partial charge in [0, 0.05) is 26.9 Å². The van der Waals surface area contributed by atoms with Crippen LogP contribution in [-0.4, -0.2) is 0 Å². The molecule has 0 N–H and O–H groups in total. The van der Waals surface area contributed by atoms with Crippen molar-refractivity contribution in [2.24, 2.45) is 0 Å². The van der Waals surface area contributed by atoms with Crippen LogP contribution in [0.3, 0.4) is 0 Å². The molecule has 1 heterocycles. The lowest BCUT2D eigenvalue weighted by molar-refractivity contribution is 0.722. The maximum absolute atomic E-state index is 2.50. The lowest BCUT2D eigenvalue weighted by Crippen LogP contribution is -2.32. The van der Waals surface area contributed by atoms with E-state index in [0.717, 1.165) is 17.1 Å². The van der Waals surface area contributed by atoms with Crippen LogP contribution in [0.1, 0.15) is 44.5 Å². The van der Waals surface area contributed by atoms with Gasteiger partial charge in [-0.25, -0.2) is 0 Å². The van der Waals surface area contributed by atoms with Crippen LogP contribution in [0.4, 0.5) is 17.1 Å². The molecule has 0 unspecified atom stereocenters. The summed E-state index contributed by atoms with van der Waals surface area (Å²) >= 11 is 1.89. The van der Waals surface area contributed by atoms with Gasteiger partial charge < -0.3 is 4.90 Å². The maximum atomic E-state index is 2.50. The van der Waals surface area contributed by atoms with Gasteiger partial charge in [0.1, 0.15) is 0 Å². The van der Waals surface area contributed by atoms with Gasteiger partial charge in [0.2, 0.25) is 0 Å². The Morgan fingerprint density at radius 2 is 0.758 bits per heavy atom. The number of hydrogen-bond acceptors (Lipinski definition) is 2. The molecule has 62 heavy (non-hydrogen) atoms. The molecule has 2 heteroatoms. The fourth-order valence-corrected chi connectivity index (χ4v) is 12.5. The molecule has 1 nitrogen and oxygen atoms in total. The van der Waals surface area contributed by atoms with E-state index in [-0.39, 0.29) is 0 Å². The molecule has 0 saturated carbocycles. The highest BCUT2D eigenvalue weighted by Crippen LogP contribution is 2.63. The van der Waals surface area contributed by atoms with Gasteiger partial charge in [-0.15, -0.1) is 0 Å². The minimum atomic E-state index is -0.548. The number of nitrogens with zero attached hydrogens (tertiary/aromatic N) is 1. The fraction of sp³-hybridized carbons (Fsp3) is 0.0333. The Kier molecular flexibility index (Phi) is 7.74. The van der Waals surface area contributed by atoms with E-state index in [2.05, 4.69) is 241 Å². The quantitative estimate of drug-likeness (QED) is 0.170. The van der Waals surface area contributed by atoms with Crippen molar-refractivity contribution >= 4 is 39.6 Å². The first-order chi connectivity index (χ1) is 30.7. The summed E-state index contributed by atoms with van der Waals surface area (Å²) in [6.07, 6.45) is 0. The minimum Gasteiger partial charge on any atom is -0.310 e. The molecular weight excluding hydrogens is 767 g/mol. The molecule has 1 spiro atoms. The molecule has 2 aliphatic carbocycles. The number of fused-ring (bicyclic) bond motifs is 13. The predicted molar refractivity (Wildman–Crippen MR) is 257 cm³/mol. The van der Waals surface area contributed by atoms with Crippen molar-refractivity contribution in [1.29, 1.82) is 0 Å². The van der Waals surface area contributed by atoms with Crippen molar-refractivity contribution in [3.63, 3.8) is 0 Å². The molecule has 0 saturated heterocycles. The number of para-hydroxylation sites is 1. The molecule has 0 atom stereocenters. The summed E-state index contributed by atoms with van der Waals surface area (Å²) in [5, 5.41) is 2.49. The van der Waals surface area contributed by atoms with E-state index in [0.29, 0.717) is 0 Å². The molecule has 0 bridgehead atoms. The molecule has 10 aromatic carbocycles. The summed E-state index contributed by atoms with van der Waals surface area (Å²) in [6.45, 7) is 0. The second kappa shape index (κ2) is 13.6. The zero-order valence-corrected chi connectivity index (χ0v) is 34.7. The van der Waals surface area contributed by atoms with E-state index in [9.17, 15) is 0 Å².